The Morgan fingerprint density at radius 1 is 1.47 bits per heavy atom. The van der Waals surface area contributed by atoms with Gasteiger partial charge in [-0.3, -0.25) is 4.79 Å². The van der Waals surface area contributed by atoms with Gasteiger partial charge in [0.15, 0.2) is 0 Å². The molecule has 1 N–H and O–H groups in total. The minimum atomic E-state index is -0.567. The van der Waals surface area contributed by atoms with Gasteiger partial charge < -0.3 is 10.1 Å². The molecule has 0 aromatic heterocycles. The molecule has 0 saturated heterocycles. The van der Waals surface area contributed by atoms with Gasteiger partial charge in [-0.2, -0.15) is 0 Å². The number of amides is 1. The van der Waals surface area contributed by atoms with Gasteiger partial charge in [0.25, 0.3) is 5.91 Å². The number of benzene rings is 1. The smallest absolute Gasteiger partial charge is 0.258 e. The molecule has 0 radical (unpaired) electrons. The number of ether oxygens (including phenoxy) is 1. The van der Waals surface area contributed by atoms with E-state index in [1.54, 1.807) is 6.07 Å². The van der Waals surface area contributed by atoms with Crippen LogP contribution < -0.4 is 10.1 Å². The summed E-state index contributed by atoms with van der Waals surface area (Å²) >= 11 is 3.30. The van der Waals surface area contributed by atoms with E-state index in [2.05, 4.69) is 21.2 Å². The number of carbonyl (C=O) groups is 1. The van der Waals surface area contributed by atoms with E-state index in [1.807, 2.05) is 0 Å². The number of carbonyl (C=O) groups excluding carboxylic acids is 1. The van der Waals surface area contributed by atoms with Crippen molar-refractivity contribution in [1.82, 2.24) is 5.32 Å². The molecule has 0 spiro atoms. The Labute approximate surface area is 108 Å². The first-order valence-electron chi connectivity index (χ1n) is 5.37. The molecule has 1 aromatic rings. The van der Waals surface area contributed by atoms with E-state index >= 15 is 0 Å². The van der Waals surface area contributed by atoms with E-state index in [0.717, 1.165) is 18.2 Å². The maximum absolute atomic E-state index is 13.5. The highest BCUT2D eigenvalue weighted by atomic mass is 79.9. The zero-order chi connectivity index (χ0) is 12.7. The molecule has 17 heavy (non-hydrogen) atoms. The predicted octanol–water partition coefficient (Wildman–Crippen LogP) is 2.74. The van der Waals surface area contributed by atoms with Crippen molar-refractivity contribution >= 4 is 21.8 Å². The molecule has 0 bridgehead atoms. The van der Waals surface area contributed by atoms with Crippen LogP contribution in [0.2, 0.25) is 0 Å². The maximum atomic E-state index is 13.5. The lowest BCUT2D eigenvalue weighted by molar-refractivity contribution is 0.0946. The molecule has 0 aliphatic carbocycles. The summed E-state index contributed by atoms with van der Waals surface area (Å²) in [4.78, 5) is 11.8. The molecule has 0 unspecified atom stereocenters. The second-order valence-corrected chi connectivity index (χ2v) is 4.26. The second-order valence-electron chi connectivity index (χ2n) is 3.47. The van der Waals surface area contributed by atoms with Crippen molar-refractivity contribution in [2.24, 2.45) is 0 Å². The van der Waals surface area contributed by atoms with E-state index in [4.69, 9.17) is 4.74 Å². The van der Waals surface area contributed by atoms with Crippen LogP contribution in [0.3, 0.4) is 0 Å². The number of nitrogens with one attached hydrogen (secondary N) is 1. The normalized spacial score (nSPS) is 10.1. The van der Waals surface area contributed by atoms with Crippen LogP contribution in [0.15, 0.2) is 18.2 Å². The van der Waals surface area contributed by atoms with Crippen molar-refractivity contribution in [3.8, 4) is 5.75 Å². The lowest BCUT2D eigenvalue weighted by Crippen LogP contribution is -2.26. The van der Waals surface area contributed by atoms with Gasteiger partial charge in [0.2, 0.25) is 0 Å². The van der Waals surface area contributed by atoms with Gasteiger partial charge >= 0.3 is 0 Å². The number of hydrogen-bond acceptors (Lipinski definition) is 2. The van der Waals surface area contributed by atoms with Crippen LogP contribution in [0.5, 0.6) is 5.75 Å². The van der Waals surface area contributed by atoms with Crippen LogP contribution in [-0.4, -0.2) is 24.9 Å². The van der Waals surface area contributed by atoms with Crippen molar-refractivity contribution in [2.75, 3.05) is 19.0 Å². The molecule has 0 aliphatic heterocycles. The number of halogens is 2. The SMILES string of the molecule is COc1cccc(F)c1C(=O)NCCCCBr. The highest BCUT2D eigenvalue weighted by Gasteiger charge is 2.16. The highest BCUT2D eigenvalue weighted by molar-refractivity contribution is 9.09. The fraction of sp³-hybridized carbons (Fsp3) is 0.417. The average molecular weight is 304 g/mol. The molecule has 0 saturated carbocycles. The van der Waals surface area contributed by atoms with Gasteiger partial charge in [0, 0.05) is 11.9 Å². The number of hydrogen-bond donors (Lipinski definition) is 1. The largest absolute Gasteiger partial charge is 0.496 e. The topological polar surface area (TPSA) is 38.3 Å². The molecule has 3 nitrogen and oxygen atoms in total. The third-order valence-corrected chi connectivity index (χ3v) is 2.83. The summed E-state index contributed by atoms with van der Waals surface area (Å²) in [5, 5.41) is 3.56. The van der Waals surface area contributed by atoms with E-state index in [9.17, 15) is 9.18 Å². The Hall–Kier alpha value is -1.10. The van der Waals surface area contributed by atoms with Gasteiger partial charge in [-0.25, -0.2) is 4.39 Å². The minimum absolute atomic E-state index is 0.0335. The Morgan fingerprint density at radius 3 is 2.88 bits per heavy atom. The molecule has 1 rings (SSSR count). The zero-order valence-corrected chi connectivity index (χ0v) is 11.2. The average Bonchev–Trinajstić information content (AvgIpc) is 2.34. The van der Waals surface area contributed by atoms with Crippen LogP contribution in [0, 0.1) is 5.82 Å². The summed E-state index contributed by atoms with van der Waals surface area (Å²) < 4.78 is 18.5. The van der Waals surface area contributed by atoms with Gasteiger partial charge in [-0.1, -0.05) is 22.0 Å². The summed E-state index contributed by atoms with van der Waals surface area (Å²) in [6.07, 6.45) is 1.82. The minimum Gasteiger partial charge on any atom is -0.496 e. The molecule has 1 aromatic carbocycles. The summed E-state index contributed by atoms with van der Waals surface area (Å²) in [7, 11) is 1.41. The maximum Gasteiger partial charge on any atom is 0.258 e. The molecule has 1 amide bonds. The van der Waals surface area contributed by atoms with Crippen molar-refractivity contribution in [3.63, 3.8) is 0 Å². The number of rotatable bonds is 6. The van der Waals surface area contributed by atoms with Crippen LogP contribution >= 0.6 is 15.9 Å². The van der Waals surface area contributed by atoms with Gasteiger partial charge in [0.05, 0.1) is 7.11 Å². The molecule has 0 atom stereocenters. The molecule has 0 heterocycles. The van der Waals surface area contributed by atoms with Crippen LogP contribution in [0.1, 0.15) is 23.2 Å². The summed E-state index contributed by atoms with van der Waals surface area (Å²) in [5.74, 6) is -0.750. The van der Waals surface area contributed by atoms with E-state index in [0.29, 0.717) is 6.54 Å². The quantitative estimate of drug-likeness (QED) is 0.648. The molecule has 0 aliphatic rings. The second kappa shape index (κ2) is 7.27. The van der Waals surface area contributed by atoms with E-state index in [1.165, 1.54) is 19.2 Å². The Balaban J connectivity index is 2.68. The monoisotopic (exact) mass is 303 g/mol. The van der Waals surface area contributed by atoms with Crippen LogP contribution in [0.25, 0.3) is 0 Å². The first-order valence-corrected chi connectivity index (χ1v) is 6.49. The number of unbranched alkanes of at least 4 members (excludes halogenated alkanes) is 1. The van der Waals surface area contributed by atoms with E-state index < -0.39 is 11.7 Å². The summed E-state index contributed by atoms with van der Waals surface area (Å²) in [6.45, 7) is 0.530. The molecular weight excluding hydrogens is 289 g/mol. The van der Waals surface area contributed by atoms with E-state index in [-0.39, 0.29) is 11.3 Å². The van der Waals surface area contributed by atoms with Gasteiger partial charge in [0.1, 0.15) is 17.1 Å². The van der Waals surface area contributed by atoms with Crippen molar-refractivity contribution in [2.45, 2.75) is 12.8 Å². The standard InChI is InChI=1S/C12H15BrFNO2/c1-17-10-6-4-5-9(14)11(10)12(16)15-8-3-2-7-13/h4-6H,2-3,7-8H2,1H3,(H,15,16). The molecule has 94 valence electrons. The Morgan fingerprint density at radius 2 is 2.24 bits per heavy atom. The Kier molecular flexibility index (Phi) is 5.97. The summed E-state index contributed by atoms with van der Waals surface area (Å²) in [5.41, 5.74) is -0.0335. The summed E-state index contributed by atoms with van der Waals surface area (Å²) in [6, 6.07) is 4.32. The van der Waals surface area contributed by atoms with Crippen LogP contribution in [-0.2, 0) is 0 Å². The van der Waals surface area contributed by atoms with Crippen molar-refractivity contribution in [1.29, 1.82) is 0 Å². The Bertz CT molecular complexity index is 385. The first-order chi connectivity index (χ1) is 8.20. The van der Waals surface area contributed by atoms with Gasteiger partial charge in [-0.15, -0.1) is 0 Å². The fourth-order valence-corrected chi connectivity index (χ4v) is 1.80. The predicted molar refractivity (Wildman–Crippen MR) is 68.3 cm³/mol. The first kappa shape index (κ1) is 14.0. The lowest BCUT2D eigenvalue weighted by atomic mass is 10.1. The third-order valence-electron chi connectivity index (χ3n) is 2.27. The number of alkyl halides is 1. The highest BCUT2D eigenvalue weighted by Crippen LogP contribution is 2.20. The zero-order valence-electron chi connectivity index (χ0n) is 9.63. The molecule has 5 heteroatoms. The molecular formula is C12H15BrFNO2. The van der Waals surface area contributed by atoms with Crippen LogP contribution in [0.4, 0.5) is 4.39 Å². The van der Waals surface area contributed by atoms with Crippen molar-refractivity contribution in [3.05, 3.63) is 29.6 Å². The van der Waals surface area contributed by atoms with Crippen molar-refractivity contribution < 1.29 is 13.9 Å². The van der Waals surface area contributed by atoms with Gasteiger partial charge in [-0.05, 0) is 25.0 Å². The lowest BCUT2D eigenvalue weighted by Gasteiger charge is -2.09. The number of methoxy groups -OCH3 is 1. The fourth-order valence-electron chi connectivity index (χ4n) is 1.40. The third kappa shape index (κ3) is 4.00. The molecule has 0 fully saturated rings.